The zero-order valence-electron chi connectivity index (χ0n) is 23.8. The quantitative estimate of drug-likeness (QED) is 0.289. The molecular weight excluding hydrogens is 602 g/mol. The highest BCUT2D eigenvalue weighted by Crippen LogP contribution is 2.28. The highest BCUT2D eigenvalue weighted by atomic mass is 79.9. The molecule has 4 rings (SSSR count). The van der Waals surface area contributed by atoms with E-state index >= 15 is 0 Å². The maximum Gasteiger partial charge on any atom is 0.264 e. The molecule has 1 unspecified atom stereocenters. The Kier molecular flexibility index (Phi) is 10.3. The number of nitrogens with one attached hydrogen (secondary N) is 1. The monoisotopic (exact) mass is 639 g/mol. The molecule has 0 heterocycles. The average Bonchev–Trinajstić information content (AvgIpc) is 2.97. The Balaban J connectivity index is 1.69. The minimum atomic E-state index is -4.09. The Labute approximate surface area is 252 Å². The van der Waals surface area contributed by atoms with Crippen LogP contribution in [0.2, 0.25) is 0 Å². The minimum Gasteiger partial charge on any atom is -0.352 e. The number of benzene rings is 3. The predicted molar refractivity (Wildman–Crippen MR) is 166 cm³/mol. The fraction of sp³-hybridized carbons (Fsp3) is 0.375. The number of aryl methyl sites for hydroxylation is 2. The van der Waals surface area contributed by atoms with E-state index in [0.717, 1.165) is 46.8 Å². The second-order valence-corrected chi connectivity index (χ2v) is 13.6. The first kappa shape index (κ1) is 30.8. The molecule has 0 saturated heterocycles. The molecule has 1 N–H and O–H groups in total. The number of hydrogen-bond acceptors (Lipinski definition) is 4. The molecular formula is C32H38BrN3O4S. The molecule has 3 aromatic rings. The molecule has 0 spiro atoms. The molecule has 41 heavy (non-hydrogen) atoms. The third-order valence-corrected chi connectivity index (χ3v) is 9.93. The summed E-state index contributed by atoms with van der Waals surface area (Å²) >= 11 is 3.45. The number of amides is 2. The molecule has 1 aliphatic rings. The summed E-state index contributed by atoms with van der Waals surface area (Å²) in [4.78, 5) is 29.2. The largest absolute Gasteiger partial charge is 0.352 e. The van der Waals surface area contributed by atoms with Crippen LogP contribution in [0.5, 0.6) is 0 Å². The van der Waals surface area contributed by atoms with Gasteiger partial charge in [-0.3, -0.25) is 13.9 Å². The van der Waals surface area contributed by atoms with Gasteiger partial charge in [-0.15, -0.1) is 0 Å². The number of carbonyl (C=O) groups excluding carboxylic acids is 2. The minimum absolute atomic E-state index is 0.0910. The molecule has 0 radical (unpaired) electrons. The maximum atomic E-state index is 14.1. The van der Waals surface area contributed by atoms with Gasteiger partial charge in [0.1, 0.15) is 12.6 Å². The van der Waals surface area contributed by atoms with Gasteiger partial charge >= 0.3 is 0 Å². The van der Waals surface area contributed by atoms with Crippen LogP contribution in [0.1, 0.15) is 55.7 Å². The number of hydrogen-bond donors (Lipinski definition) is 1. The van der Waals surface area contributed by atoms with Crippen LogP contribution in [-0.4, -0.2) is 43.8 Å². The standard InChI is InChI=1S/C32H38BrN3O4S/c1-23-14-15-24(2)30(20-23)36(41(39,40)29-12-8-5-9-13-29)22-31(37)35(21-26-16-18-27(33)19-17-26)25(3)32(38)34-28-10-6-4-7-11-28/h5,8-9,12-20,25,28H,4,6-7,10-11,21-22H2,1-3H3,(H,34,38). The average molecular weight is 641 g/mol. The van der Waals surface area contributed by atoms with Crippen LogP contribution >= 0.6 is 15.9 Å². The molecule has 1 saturated carbocycles. The number of nitrogens with zero attached hydrogens (tertiary/aromatic N) is 2. The van der Waals surface area contributed by atoms with E-state index in [1.165, 1.54) is 27.8 Å². The van der Waals surface area contributed by atoms with Crippen LogP contribution in [0.4, 0.5) is 5.69 Å². The normalized spacial score (nSPS) is 14.7. The lowest BCUT2D eigenvalue weighted by Gasteiger charge is -2.33. The van der Waals surface area contributed by atoms with Crippen molar-refractivity contribution in [2.24, 2.45) is 0 Å². The highest BCUT2D eigenvalue weighted by Gasteiger charge is 2.33. The van der Waals surface area contributed by atoms with E-state index in [0.29, 0.717) is 5.69 Å². The Morgan fingerprint density at radius 3 is 2.27 bits per heavy atom. The molecule has 0 bridgehead atoms. The van der Waals surface area contributed by atoms with Gasteiger partial charge in [-0.25, -0.2) is 8.42 Å². The van der Waals surface area contributed by atoms with Gasteiger partial charge in [0, 0.05) is 17.1 Å². The summed E-state index contributed by atoms with van der Waals surface area (Å²) in [6.45, 7) is 5.14. The second-order valence-electron chi connectivity index (χ2n) is 10.8. The highest BCUT2D eigenvalue weighted by molar-refractivity contribution is 9.10. The van der Waals surface area contributed by atoms with Crippen LogP contribution < -0.4 is 9.62 Å². The van der Waals surface area contributed by atoms with Crippen molar-refractivity contribution in [2.75, 3.05) is 10.8 Å². The van der Waals surface area contributed by atoms with E-state index in [9.17, 15) is 18.0 Å². The van der Waals surface area contributed by atoms with Crippen LogP contribution in [-0.2, 0) is 26.2 Å². The lowest BCUT2D eigenvalue weighted by atomic mass is 9.95. The van der Waals surface area contributed by atoms with Crippen molar-refractivity contribution in [3.05, 3.63) is 94.0 Å². The fourth-order valence-corrected chi connectivity index (χ4v) is 6.91. The third-order valence-electron chi connectivity index (χ3n) is 7.63. The molecule has 218 valence electrons. The van der Waals surface area contributed by atoms with E-state index in [1.807, 2.05) is 50.2 Å². The van der Waals surface area contributed by atoms with Crippen LogP contribution in [0.25, 0.3) is 0 Å². The molecule has 0 aromatic heterocycles. The Bertz CT molecular complexity index is 1460. The molecule has 1 atom stereocenters. The number of rotatable bonds is 10. The van der Waals surface area contributed by atoms with E-state index in [1.54, 1.807) is 31.2 Å². The van der Waals surface area contributed by atoms with Gasteiger partial charge in [-0.1, -0.05) is 77.7 Å². The first-order valence-electron chi connectivity index (χ1n) is 14.1. The smallest absolute Gasteiger partial charge is 0.264 e. The van der Waals surface area contributed by atoms with E-state index in [2.05, 4.69) is 21.2 Å². The zero-order valence-corrected chi connectivity index (χ0v) is 26.2. The molecule has 1 fully saturated rings. The van der Waals surface area contributed by atoms with Crippen molar-refractivity contribution >= 4 is 43.5 Å². The van der Waals surface area contributed by atoms with Crippen molar-refractivity contribution in [1.82, 2.24) is 10.2 Å². The Hall–Kier alpha value is -3.17. The maximum absolute atomic E-state index is 14.1. The molecule has 9 heteroatoms. The molecule has 3 aromatic carbocycles. The molecule has 1 aliphatic carbocycles. The first-order valence-corrected chi connectivity index (χ1v) is 16.3. The number of halogens is 1. The van der Waals surface area contributed by atoms with Crippen LogP contribution in [0.15, 0.2) is 82.2 Å². The van der Waals surface area contributed by atoms with Gasteiger partial charge in [0.05, 0.1) is 10.6 Å². The van der Waals surface area contributed by atoms with E-state index in [-0.39, 0.29) is 23.4 Å². The molecule has 7 nitrogen and oxygen atoms in total. The fourth-order valence-electron chi connectivity index (χ4n) is 5.16. The van der Waals surface area contributed by atoms with Gasteiger partial charge < -0.3 is 10.2 Å². The number of anilines is 1. The van der Waals surface area contributed by atoms with Crippen molar-refractivity contribution in [1.29, 1.82) is 0 Å². The van der Waals surface area contributed by atoms with Gasteiger partial charge in [0.2, 0.25) is 11.8 Å². The topological polar surface area (TPSA) is 86.8 Å². The Morgan fingerprint density at radius 1 is 0.951 bits per heavy atom. The van der Waals surface area contributed by atoms with Crippen LogP contribution in [0.3, 0.4) is 0 Å². The van der Waals surface area contributed by atoms with Crippen molar-refractivity contribution in [3.8, 4) is 0 Å². The molecule has 2 amide bonds. The Morgan fingerprint density at radius 2 is 1.61 bits per heavy atom. The zero-order chi connectivity index (χ0) is 29.6. The lowest BCUT2D eigenvalue weighted by Crippen LogP contribution is -2.53. The summed E-state index contributed by atoms with van der Waals surface area (Å²) in [6, 6.07) is 20.5. The summed E-state index contributed by atoms with van der Waals surface area (Å²) in [7, 11) is -4.09. The van der Waals surface area contributed by atoms with Crippen molar-refractivity contribution in [2.45, 2.75) is 76.4 Å². The predicted octanol–water partition coefficient (Wildman–Crippen LogP) is 6.13. The van der Waals surface area contributed by atoms with Gasteiger partial charge in [-0.05, 0) is 80.6 Å². The SMILES string of the molecule is Cc1ccc(C)c(N(CC(=O)N(Cc2ccc(Br)cc2)C(C)C(=O)NC2CCCCC2)S(=O)(=O)c2ccccc2)c1. The van der Waals surface area contributed by atoms with Gasteiger partial charge in [0.25, 0.3) is 10.0 Å². The number of sulfonamides is 1. The summed E-state index contributed by atoms with van der Waals surface area (Å²) < 4.78 is 30.0. The van der Waals surface area contributed by atoms with Gasteiger partial charge in [-0.2, -0.15) is 0 Å². The summed E-state index contributed by atoms with van der Waals surface area (Å²) in [5, 5.41) is 3.13. The summed E-state index contributed by atoms with van der Waals surface area (Å²) in [5.74, 6) is -0.689. The van der Waals surface area contributed by atoms with Crippen molar-refractivity contribution in [3.63, 3.8) is 0 Å². The number of carbonyl (C=O) groups is 2. The third kappa shape index (κ3) is 7.77. The van der Waals surface area contributed by atoms with Crippen molar-refractivity contribution < 1.29 is 18.0 Å². The van der Waals surface area contributed by atoms with Crippen LogP contribution in [0, 0.1) is 13.8 Å². The van der Waals surface area contributed by atoms with E-state index < -0.39 is 28.5 Å². The summed E-state index contributed by atoms with van der Waals surface area (Å²) in [5.41, 5.74) is 2.87. The van der Waals surface area contributed by atoms with Gasteiger partial charge in [0.15, 0.2) is 0 Å². The van der Waals surface area contributed by atoms with E-state index in [4.69, 9.17) is 0 Å². The second kappa shape index (κ2) is 13.7. The first-order chi connectivity index (χ1) is 19.6. The lowest BCUT2D eigenvalue weighted by molar-refractivity contribution is -0.139. The molecule has 0 aliphatic heterocycles. The summed E-state index contributed by atoms with van der Waals surface area (Å²) in [6.07, 6.45) is 5.16.